The molecule has 1 rings (SSSR count). The standard InChI is InChI=1S/C12H20N4O4/c1-9(2)20-6-4-5-13-12(17)8-15-10(3)7-11(14-15)16(18)19/h7,9H,4-6,8H2,1-3H3,(H,13,17). The minimum atomic E-state index is -0.579. The lowest BCUT2D eigenvalue weighted by atomic mass is 10.4. The largest absolute Gasteiger partial charge is 0.390 e. The third-order valence-corrected chi connectivity index (χ3v) is 2.54. The molecule has 0 unspecified atom stereocenters. The van der Waals surface area contributed by atoms with Gasteiger partial charge in [0.15, 0.2) is 0 Å². The van der Waals surface area contributed by atoms with Gasteiger partial charge in [0.1, 0.15) is 6.54 Å². The van der Waals surface area contributed by atoms with Crippen LogP contribution in [0.1, 0.15) is 26.0 Å². The van der Waals surface area contributed by atoms with Crippen LogP contribution in [0.25, 0.3) is 0 Å². The lowest BCUT2D eigenvalue weighted by Gasteiger charge is -2.08. The molecule has 0 aliphatic rings. The van der Waals surface area contributed by atoms with Crippen LogP contribution < -0.4 is 5.32 Å². The van der Waals surface area contributed by atoms with Crippen molar-refractivity contribution in [3.05, 3.63) is 21.9 Å². The first-order chi connectivity index (χ1) is 9.40. The molecule has 0 aliphatic carbocycles. The second-order valence-corrected chi connectivity index (χ2v) is 4.68. The molecule has 0 bridgehead atoms. The van der Waals surface area contributed by atoms with Gasteiger partial charge in [0.2, 0.25) is 5.91 Å². The Bertz CT molecular complexity index is 470. The fraction of sp³-hybridized carbons (Fsp3) is 0.667. The lowest BCUT2D eigenvalue weighted by molar-refractivity contribution is -0.389. The lowest BCUT2D eigenvalue weighted by Crippen LogP contribution is -2.29. The number of hydrogen-bond donors (Lipinski definition) is 1. The summed E-state index contributed by atoms with van der Waals surface area (Å²) in [5, 5.41) is 17.0. The summed E-state index contributed by atoms with van der Waals surface area (Å²) in [5.41, 5.74) is 0.579. The van der Waals surface area contributed by atoms with Gasteiger partial charge in [-0.15, -0.1) is 0 Å². The van der Waals surface area contributed by atoms with Crippen molar-refractivity contribution in [2.45, 2.75) is 39.8 Å². The molecule has 0 atom stereocenters. The molecule has 8 nitrogen and oxygen atoms in total. The molecule has 20 heavy (non-hydrogen) atoms. The highest BCUT2D eigenvalue weighted by atomic mass is 16.6. The number of aromatic nitrogens is 2. The van der Waals surface area contributed by atoms with Gasteiger partial charge < -0.3 is 20.2 Å². The zero-order chi connectivity index (χ0) is 15.1. The van der Waals surface area contributed by atoms with Crippen molar-refractivity contribution < 1.29 is 14.5 Å². The number of nitrogens with zero attached hydrogens (tertiary/aromatic N) is 3. The number of nitrogens with one attached hydrogen (secondary N) is 1. The molecule has 0 fully saturated rings. The molecule has 1 amide bonds. The van der Waals surface area contributed by atoms with Gasteiger partial charge in [-0.3, -0.25) is 4.79 Å². The van der Waals surface area contributed by atoms with Crippen molar-refractivity contribution in [3.63, 3.8) is 0 Å². The maximum Gasteiger partial charge on any atom is 0.390 e. The summed E-state index contributed by atoms with van der Waals surface area (Å²) in [6.07, 6.45) is 0.903. The van der Waals surface area contributed by atoms with E-state index in [0.29, 0.717) is 18.8 Å². The highest BCUT2D eigenvalue weighted by molar-refractivity contribution is 5.75. The monoisotopic (exact) mass is 284 g/mol. The van der Waals surface area contributed by atoms with Crippen molar-refractivity contribution in [3.8, 4) is 0 Å². The molecule has 0 spiro atoms. The second-order valence-electron chi connectivity index (χ2n) is 4.68. The van der Waals surface area contributed by atoms with Gasteiger partial charge in [-0.05, 0) is 32.1 Å². The molecule has 0 radical (unpaired) electrons. The van der Waals surface area contributed by atoms with Crippen LogP contribution in [0.2, 0.25) is 0 Å². The molecule has 0 saturated heterocycles. The topological polar surface area (TPSA) is 99.3 Å². The summed E-state index contributed by atoms with van der Waals surface area (Å²) in [4.78, 5) is 21.6. The molecule has 0 saturated carbocycles. The van der Waals surface area contributed by atoms with E-state index in [9.17, 15) is 14.9 Å². The smallest absolute Gasteiger partial charge is 0.379 e. The number of hydrogen-bond acceptors (Lipinski definition) is 5. The van der Waals surface area contributed by atoms with E-state index in [0.717, 1.165) is 6.42 Å². The van der Waals surface area contributed by atoms with Gasteiger partial charge in [-0.1, -0.05) is 0 Å². The van der Waals surface area contributed by atoms with Gasteiger partial charge in [0.25, 0.3) is 0 Å². The Balaban J connectivity index is 2.33. The third kappa shape index (κ3) is 5.35. The predicted molar refractivity (Wildman–Crippen MR) is 72.3 cm³/mol. The van der Waals surface area contributed by atoms with Crippen molar-refractivity contribution in [1.82, 2.24) is 15.1 Å². The van der Waals surface area contributed by atoms with Crippen LogP contribution >= 0.6 is 0 Å². The minimum absolute atomic E-state index is 0.0231. The zero-order valence-corrected chi connectivity index (χ0v) is 12.0. The molecule has 1 heterocycles. The van der Waals surface area contributed by atoms with E-state index in [4.69, 9.17) is 4.74 Å². The van der Waals surface area contributed by atoms with Crippen LogP contribution in [-0.4, -0.2) is 39.9 Å². The van der Waals surface area contributed by atoms with Gasteiger partial charge in [-0.25, -0.2) is 0 Å². The van der Waals surface area contributed by atoms with Gasteiger partial charge >= 0.3 is 5.82 Å². The summed E-state index contributed by atoms with van der Waals surface area (Å²) in [6, 6.07) is 1.34. The van der Waals surface area contributed by atoms with Crippen LogP contribution in [-0.2, 0) is 16.1 Å². The van der Waals surface area contributed by atoms with E-state index in [-0.39, 0.29) is 24.4 Å². The molecule has 1 N–H and O–H groups in total. The Morgan fingerprint density at radius 3 is 2.85 bits per heavy atom. The second kappa shape index (κ2) is 7.59. The number of carbonyl (C=O) groups excluding carboxylic acids is 1. The quantitative estimate of drug-likeness (QED) is 0.436. The number of ether oxygens (including phenoxy) is 1. The Hall–Kier alpha value is -1.96. The summed E-state index contributed by atoms with van der Waals surface area (Å²) >= 11 is 0. The van der Waals surface area contributed by atoms with Crippen molar-refractivity contribution in [1.29, 1.82) is 0 Å². The maximum absolute atomic E-state index is 11.7. The third-order valence-electron chi connectivity index (χ3n) is 2.54. The Morgan fingerprint density at radius 1 is 1.60 bits per heavy atom. The molecular weight excluding hydrogens is 264 g/mol. The molecule has 1 aromatic heterocycles. The average molecular weight is 284 g/mol. The van der Waals surface area contributed by atoms with E-state index in [1.165, 1.54) is 10.7 Å². The number of carbonyl (C=O) groups is 1. The summed E-state index contributed by atoms with van der Waals surface area (Å²) in [6.45, 7) is 6.64. The SMILES string of the molecule is Cc1cc([N+](=O)[O-])nn1CC(=O)NCCCOC(C)C. The predicted octanol–water partition coefficient (Wildman–Crippen LogP) is 1.03. The first-order valence-electron chi connectivity index (χ1n) is 6.47. The number of rotatable bonds is 8. The van der Waals surface area contributed by atoms with Gasteiger partial charge in [0.05, 0.1) is 23.0 Å². The normalized spacial score (nSPS) is 10.8. The summed E-state index contributed by atoms with van der Waals surface area (Å²) < 4.78 is 6.66. The Kier molecular flexibility index (Phi) is 6.10. The molecular formula is C12H20N4O4. The minimum Gasteiger partial charge on any atom is -0.379 e. The van der Waals surface area contributed by atoms with Gasteiger partial charge in [0, 0.05) is 13.2 Å². The van der Waals surface area contributed by atoms with Gasteiger partial charge in [-0.2, -0.15) is 4.68 Å². The zero-order valence-electron chi connectivity index (χ0n) is 12.0. The van der Waals surface area contributed by atoms with Crippen LogP contribution in [0.4, 0.5) is 5.82 Å². The first-order valence-corrected chi connectivity index (χ1v) is 6.47. The Morgan fingerprint density at radius 2 is 2.30 bits per heavy atom. The molecule has 1 aromatic rings. The highest BCUT2D eigenvalue weighted by Gasteiger charge is 2.17. The number of aryl methyl sites for hydroxylation is 1. The summed E-state index contributed by atoms with van der Waals surface area (Å²) in [7, 11) is 0. The summed E-state index contributed by atoms with van der Waals surface area (Å²) in [5.74, 6) is -0.476. The van der Waals surface area contributed by atoms with Crippen molar-refractivity contribution in [2.75, 3.05) is 13.2 Å². The van der Waals surface area contributed by atoms with Crippen molar-refractivity contribution in [2.24, 2.45) is 0 Å². The average Bonchev–Trinajstić information content (AvgIpc) is 2.70. The van der Waals surface area contributed by atoms with E-state index < -0.39 is 4.92 Å². The molecule has 0 aromatic carbocycles. The van der Waals surface area contributed by atoms with E-state index >= 15 is 0 Å². The Labute approximate surface area is 117 Å². The van der Waals surface area contributed by atoms with E-state index in [1.807, 2.05) is 13.8 Å². The molecule has 112 valence electrons. The van der Waals surface area contributed by atoms with Crippen LogP contribution in [0.5, 0.6) is 0 Å². The first kappa shape index (κ1) is 16.1. The van der Waals surface area contributed by atoms with Crippen LogP contribution in [0, 0.1) is 17.0 Å². The fourth-order valence-corrected chi connectivity index (χ4v) is 1.55. The molecule has 8 heteroatoms. The van der Waals surface area contributed by atoms with Crippen molar-refractivity contribution >= 4 is 11.7 Å². The molecule has 0 aliphatic heterocycles. The number of amides is 1. The van der Waals surface area contributed by atoms with E-state index in [2.05, 4.69) is 10.4 Å². The van der Waals surface area contributed by atoms with Crippen LogP contribution in [0.15, 0.2) is 6.07 Å². The number of nitro groups is 1. The van der Waals surface area contributed by atoms with E-state index in [1.54, 1.807) is 6.92 Å². The fourth-order valence-electron chi connectivity index (χ4n) is 1.55. The highest BCUT2D eigenvalue weighted by Crippen LogP contribution is 2.10. The van der Waals surface area contributed by atoms with Crippen LogP contribution in [0.3, 0.4) is 0 Å². The maximum atomic E-state index is 11.7.